The first-order valence-corrected chi connectivity index (χ1v) is 12.8. The Hall–Kier alpha value is -2.17. The van der Waals surface area contributed by atoms with Gasteiger partial charge in [-0.25, -0.2) is 13.2 Å². The smallest absolute Gasteiger partial charge is 0.410 e. The molecule has 0 radical (unpaired) electrons. The number of hydrogen-bond acceptors (Lipinski definition) is 8. The van der Waals surface area contributed by atoms with E-state index in [-0.39, 0.29) is 34.3 Å². The van der Waals surface area contributed by atoms with Gasteiger partial charge in [0.15, 0.2) is 9.84 Å². The molecular weight excluding hydrogens is 458 g/mol. The van der Waals surface area contributed by atoms with E-state index in [9.17, 15) is 13.2 Å². The molecule has 0 atom stereocenters. The highest BCUT2D eigenvalue weighted by Crippen LogP contribution is 2.35. The molecule has 11 heteroatoms. The van der Waals surface area contributed by atoms with Gasteiger partial charge in [0.25, 0.3) is 5.89 Å². The van der Waals surface area contributed by atoms with Crippen molar-refractivity contribution in [2.24, 2.45) is 0 Å². The monoisotopic (exact) mass is 483 g/mol. The number of piperidine rings is 1. The van der Waals surface area contributed by atoms with Crippen molar-refractivity contribution in [3.63, 3.8) is 0 Å². The van der Waals surface area contributed by atoms with Crippen LogP contribution in [0.4, 0.5) is 4.79 Å². The van der Waals surface area contributed by atoms with E-state index in [1.165, 1.54) is 12.1 Å². The third kappa shape index (κ3) is 5.24. The Labute approximate surface area is 191 Å². The summed E-state index contributed by atoms with van der Waals surface area (Å²) in [6, 6.07) is 4.49. The van der Waals surface area contributed by atoms with E-state index < -0.39 is 9.84 Å². The minimum atomic E-state index is -3.41. The molecule has 0 N–H and O–H groups in total. The summed E-state index contributed by atoms with van der Waals surface area (Å²) >= 11 is 6.09. The highest BCUT2D eigenvalue weighted by atomic mass is 35.5. The van der Waals surface area contributed by atoms with Crippen molar-refractivity contribution in [2.45, 2.75) is 62.2 Å². The molecule has 2 aliphatic rings. The predicted molar refractivity (Wildman–Crippen MR) is 116 cm³/mol. The first-order valence-electron chi connectivity index (χ1n) is 10.6. The summed E-state index contributed by atoms with van der Waals surface area (Å²) in [5.74, 6) is 0.607. The van der Waals surface area contributed by atoms with Crippen LogP contribution in [0, 0.1) is 0 Å². The number of sulfone groups is 1. The van der Waals surface area contributed by atoms with Gasteiger partial charge in [-0.3, -0.25) is 0 Å². The quantitative estimate of drug-likeness (QED) is 0.608. The Bertz CT molecular complexity index is 1090. The van der Waals surface area contributed by atoms with Gasteiger partial charge in [-0.2, -0.15) is 4.98 Å². The molecule has 1 aromatic heterocycles. The lowest BCUT2D eigenvalue weighted by Gasteiger charge is -2.40. The molecule has 2 fully saturated rings. The maximum Gasteiger partial charge on any atom is 0.410 e. The van der Waals surface area contributed by atoms with E-state index in [4.69, 9.17) is 25.6 Å². The van der Waals surface area contributed by atoms with Crippen molar-refractivity contribution >= 4 is 27.5 Å². The fraction of sp³-hybridized carbons (Fsp3) is 0.571. The van der Waals surface area contributed by atoms with Crippen molar-refractivity contribution in [1.29, 1.82) is 0 Å². The van der Waals surface area contributed by atoms with Crippen LogP contribution < -0.4 is 0 Å². The van der Waals surface area contributed by atoms with Crippen LogP contribution in [0.25, 0.3) is 11.4 Å². The average molecular weight is 484 g/mol. The van der Waals surface area contributed by atoms with Crippen molar-refractivity contribution in [1.82, 2.24) is 15.0 Å². The Kier molecular flexibility index (Phi) is 6.46. The topological polar surface area (TPSA) is 112 Å². The number of hydrogen-bond donors (Lipinski definition) is 0. The zero-order chi connectivity index (χ0) is 22.9. The summed E-state index contributed by atoms with van der Waals surface area (Å²) in [5, 5.41) is 4.02. The lowest BCUT2D eigenvalue weighted by atomic mass is 9.82. The van der Waals surface area contributed by atoms with Crippen LogP contribution in [0.5, 0.6) is 0 Å². The molecule has 1 aliphatic heterocycles. The van der Waals surface area contributed by atoms with Gasteiger partial charge < -0.3 is 18.9 Å². The molecule has 9 nitrogen and oxygen atoms in total. The highest BCUT2D eigenvalue weighted by Gasteiger charge is 2.37. The number of rotatable bonds is 6. The van der Waals surface area contributed by atoms with Gasteiger partial charge in [0, 0.05) is 24.9 Å². The number of amides is 1. The lowest BCUT2D eigenvalue weighted by Crippen LogP contribution is -2.46. The van der Waals surface area contributed by atoms with Crippen LogP contribution in [-0.4, -0.2) is 60.6 Å². The zero-order valence-corrected chi connectivity index (χ0v) is 19.6. The van der Waals surface area contributed by atoms with E-state index in [1.54, 1.807) is 11.0 Å². The van der Waals surface area contributed by atoms with Gasteiger partial charge >= 0.3 is 6.09 Å². The zero-order valence-electron chi connectivity index (χ0n) is 18.0. The summed E-state index contributed by atoms with van der Waals surface area (Å²) < 4.78 is 40.2. The summed E-state index contributed by atoms with van der Waals surface area (Å²) in [6.07, 6.45) is 5.21. The van der Waals surface area contributed by atoms with Crippen molar-refractivity contribution < 1.29 is 27.2 Å². The SMILES string of the molecule is CC1(OC(=O)N2CCC(OCc3nc(-c4ccc(S(C)(=O)=O)c(Cl)c4)no3)CC2)CCC1. The van der Waals surface area contributed by atoms with Gasteiger partial charge in [0.2, 0.25) is 5.82 Å². The van der Waals surface area contributed by atoms with Crippen LogP contribution in [0.2, 0.25) is 5.02 Å². The van der Waals surface area contributed by atoms with Gasteiger partial charge in [0.1, 0.15) is 12.2 Å². The second kappa shape index (κ2) is 8.99. The van der Waals surface area contributed by atoms with E-state index in [2.05, 4.69) is 10.1 Å². The fourth-order valence-corrected chi connectivity index (χ4v) is 5.15. The van der Waals surface area contributed by atoms with E-state index >= 15 is 0 Å². The van der Waals surface area contributed by atoms with E-state index in [1.807, 2.05) is 6.92 Å². The third-order valence-electron chi connectivity index (χ3n) is 5.95. The largest absolute Gasteiger partial charge is 0.443 e. The Morgan fingerprint density at radius 1 is 1.31 bits per heavy atom. The van der Waals surface area contributed by atoms with Crippen molar-refractivity contribution in [2.75, 3.05) is 19.3 Å². The minimum absolute atomic E-state index is 0.0165. The molecular formula is C21H26ClN3O6S. The molecule has 2 heterocycles. The molecule has 0 unspecified atom stereocenters. The molecule has 0 spiro atoms. The molecule has 1 saturated carbocycles. The number of ether oxygens (including phenoxy) is 2. The molecule has 4 rings (SSSR count). The number of halogens is 1. The van der Waals surface area contributed by atoms with E-state index in [0.29, 0.717) is 43.2 Å². The lowest BCUT2D eigenvalue weighted by molar-refractivity contribution is -0.0589. The number of carbonyl (C=O) groups excluding carboxylic acids is 1. The second-order valence-electron chi connectivity index (χ2n) is 8.60. The van der Waals surface area contributed by atoms with Crippen LogP contribution >= 0.6 is 11.6 Å². The first kappa shape index (κ1) is 23.0. The second-order valence-corrected chi connectivity index (χ2v) is 11.0. The minimum Gasteiger partial charge on any atom is -0.443 e. The first-order chi connectivity index (χ1) is 15.1. The highest BCUT2D eigenvalue weighted by molar-refractivity contribution is 7.90. The molecule has 174 valence electrons. The number of benzene rings is 1. The third-order valence-corrected chi connectivity index (χ3v) is 7.52. The molecule has 32 heavy (non-hydrogen) atoms. The standard InChI is InChI=1S/C21H26ClN3O6S/c1-21(8-3-9-21)30-20(26)25-10-6-15(7-11-25)29-13-18-23-19(24-31-18)14-4-5-17(16(22)12-14)32(2,27)28/h4-5,12,15H,3,6-11,13H2,1-2H3. The van der Waals surface area contributed by atoms with Gasteiger partial charge in [-0.1, -0.05) is 16.8 Å². The average Bonchev–Trinajstić information content (AvgIpc) is 3.19. The normalized spacial score (nSPS) is 18.9. The summed E-state index contributed by atoms with van der Waals surface area (Å²) in [6.45, 7) is 3.30. The van der Waals surface area contributed by atoms with Crippen LogP contribution in [0.1, 0.15) is 44.9 Å². The number of nitrogens with zero attached hydrogens (tertiary/aromatic N) is 3. The van der Waals surface area contributed by atoms with Crippen molar-refractivity contribution in [3.05, 3.63) is 29.1 Å². The number of likely N-dealkylation sites (tertiary alicyclic amines) is 1. The van der Waals surface area contributed by atoms with Crippen molar-refractivity contribution in [3.8, 4) is 11.4 Å². The molecule has 2 aromatic rings. The number of carbonyl (C=O) groups is 1. The molecule has 0 bridgehead atoms. The van der Waals surface area contributed by atoms with Crippen LogP contribution in [0.3, 0.4) is 0 Å². The fourth-order valence-electron chi connectivity index (χ4n) is 3.82. The van der Waals surface area contributed by atoms with Gasteiger partial charge in [0.05, 0.1) is 16.0 Å². The summed E-state index contributed by atoms with van der Waals surface area (Å²) in [7, 11) is -3.41. The van der Waals surface area contributed by atoms with Crippen LogP contribution in [0.15, 0.2) is 27.6 Å². The maximum absolute atomic E-state index is 12.3. The van der Waals surface area contributed by atoms with Crippen LogP contribution in [-0.2, 0) is 25.9 Å². The van der Waals surface area contributed by atoms with Gasteiger partial charge in [-0.05, 0) is 57.2 Å². The molecule has 1 aliphatic carbocycles. The number of aromatic nitrogens is 2. The Morgan fingerprint density at radius 2 is 2.03 bits per heavy atom. The Morgan fingerprint density at radius 3 is 2.62 bits per heavy atom. The maximum atomic E-state index is 12.3. The van der Waals surface area contributed by atoms with E-state index in [0.717, 1.165) is 25.5 Å². The summed E-state index contributed by atoms with van der Waals surface area (Å²) in [5.41, 5.74) is 0.250. The predicted octanol–water partition coefficient (Wildman–Crippen LogP) is 3.85. The summed E-state index contributed by atoms with van der Waals surface area (Å²) in [4.78, 5) is 18.4. The molecule has 1 saturated heterocycles. The van der Waals surface area contributed by atoms with Gasteiger partial charge in [-0.15, -0.1) is 0 Å². The molecule has 1 amide bonds. The Balaban J connectivity index is 1.27. The molecule has 1 aromatic carbocycles.